The van der Waals surface area contributed by atoms with Crippen molar-refractivity contribution in [3.63, 3.8) is 0 Å². The van der Waals surface area contributed by atoms with Crippen LogP contribution in [0, 0.1) is 0 Å². The van der Waals surface area contributed by atoms with Gasteiger partial charge in [-0.25, -0.2) is 13.4 Å². The largest absolute Gasteiger partial charge is 0.495 e. The molecule has 29 heavy (non-hydrogen) atoms. The number of nitrogen functional groups attached to an aromatic ring is 1. The van der Waals surface area contributed by atoms with Crippen LogP contribution in [0.2, 0.25) is 5.15 Å². The first-order chi connectivity index (χ1) is 13.5. The van der Waals surface area contributed by atoms with Crippen LogP contribution < -0.4 is 15.4 Å². The summed E-state index contributed by atoms with van der Waals surface area (Å²) in [6, 6.07) is 5.89. The molecule has 12 heteroatoms. The standard InChI is InChI=1S/C17H18ClF3N4O3S/c1-28-13-10-12(22)2-3-14(13)29(26,27)25-6-4-24(5-7-25)16-9-11(17(19,20)21)8-15(18)23-16/h2-3,8-10H,4-7,22H2,1H3. The van der Waals surface area contributed by atoms with Crippen LogP contribution in [-0.4, -0.2) is 51.0 Å². The van der Waals surface area contributed by atoms with Gasteiger partial charge in [0.1, 0.15) is 21.6 Å². The minimum Gasteiger partial charge on any atom is -0.495 e. The summed E-state index contributed by atoms with van der Waals surface area (Å²) in [5.74, 6) is 0.172. The van der Waals surface area contributed by atoms with E-state index in [1.54, 1.807) is 4.90 Å². The molecule has 1 aliphatic heterocycles. The van der Waals surface area contributed by atoms with Crippen molar-refractivity contribution in [2.75, 3.05) is 43.9 Å². The fourth-order valence-electron chi connectivity index (χ4n) is 3.00. The van der Waals surface area contributed by atoms with Gasteiger partial charge in [-0.05, 0) is 24.3 Å². The molecule has 3 rings (SSSR count). The van der Waals surface area contributed by atoms with Crippen molar-refractivity contribution in [2.45, 2.75) is 11.1 Å². The van der Waals surface area contributed by atoms with Crippen LogP contribution in [0.3, 0.4) is 0 Å². The van der Waals surface area contributed by atoms with Gasteiger partial charge >= 0.3 is 6.18 Å². The van der Waals surface area contributed by atoms with Crippen molar-refractivity contribution in [3.8, 4) is 5.75 Å². The molecule has 2 heterocycles. The summed E-state index contributed by atoms with van der Waals surface area (Å²) in [6.45, 7) is 0.430. The smallest absolute Gasteiger partial charge is 0.416 e. The Kier molecular flexibility index (Phi) is 5.84. The zero-order valence-electron chi connectivity index (χ0n) is 15.3. The van der Waals surface area contributed by atoms with E-state index in [9.17, 15) is 21.6 Å². The van der Waals surface area contributed by atoms with E-state index in [4.69, 9.17) is 22.1 Å². The summed E-state index contributed by atoms with van der Waals surface area (Å²) in [5, 5.41) is -0.281. The number of anilines is 2. The molecule has 0 aliphatic carbocycles. The summed E-state index contributed by atoms with van der Waals surface area (Å²) >= 11 is 5.73. The van der Waals surface area contributed by atoms with E-state index in [1.165, 1.54) is 29.6 Å². The molecule has 0 atom stereocenters. The number of hydrogen-bond acceptors (Lipinski definition) is 6. The summed E-state index contributed by atoms with van der Waals surface area (Å²) in [5.41, 5.74) is 5.12. The number of pyridine rings is 1. The van der Waals surface area contributed by atoms with Gasteiger partial charge in [0.05, 0.1) is 12.7 Å². The normalized spacial score (nSPS) is 16.1. The van der Waals surface area contributed by atoms with Crippen molar-refractivity contribution in [1.29, 1.82) is 0 Å². The second-order valence-corrected chi connectivity index (χ2v) is 8.63. The number of ether oxygens (including phenoxy) is 1. The summed E-state index contributed by atoms with van der Waals surface area (Å²) in [4.78, 5) is 5.48. The Hall–Kier alpha value is -2.24. The van der Waals surface area contributed by atoms with Crippen LogP contribution in [-0.2, 0) is 16.2 Å². The summed E-state index contributed by atoms with van der Waals surface area (Å²) in [7, 11) is -2.53. The van der Waals surface area contributed by atoms with Gasteiger partial charge in [-0.2, -0.15) is 17.5 Å². The molecule has 0 amide bonds. The number of sulfonamides is 1. The lowest BCUT2D eigenvalue weighted by Crippen LogP contribution is -2.49. The molecule has 0 radical (unpaired) electrons. The van der Waals surface area contributed by atoms with Crippen LogP contribution in [0.25, 0.3) is 0 Å². The molecule has 0 bridgehead atoms. The first kappa shape index (κ1) is 21.5. The fourth-order valence-corrected chi connectivity index (χ4v) is 4.77. The molecule has 2 aromatic rings. The van der Waals surface area contributed by atoms with Gasteiger partial charge < -0.3 is 15.4 Å². The number of piperazine rings is 1. The number of aromatic nitrogens is 1. The van der Waals surface area contributed by atoms with Gasteiger partial charge in [-0.15, -0.1) is 0 Å². The van der Waals surface area contributed by atoms with Crippen molar-refractivity contribution < 1.29 is 26.3 Å². The number of nitrogens with zero attached hydrogens (tertiary/aromatic N) is 3. The molecule has 1 saturated heterocycles. The van der Waals surface area contributed by atoms with E-state index in [2.05, 4.69) is 4.98 Å². The number of rotatable bonds is 4. The lowest BCUT2D eigenvalue weighted by molar-refractivity contribution is -0.137. The number of halogens is 4. The fraction of sp³-hybridized carbons (Fsp3) is 0.353. The second-order valence-electron chi connectivity index (χ2n) is 6.34. The number of alkyl halides is 3. The zero-order chi connectivity index (χ0) is 21.4. The highest BCUT2D eigenvalue weighted by molar-refractivity contribution is 7.89. The maximum absolute atomic E-state index is 13.0. The minimum absolute atomic E-state index is 0.0251. The van der Waals surface area contributed by atoms with Gasteiger partial charge in [0.15, 0.2) is 0 Å². The quantitative estimate of drug-likeness (QED) is 0.569. The molecule has 1 fully saturated rings. The molecule has 0 saturated carbocycles. The minimum atomic E-state index is -4.56. The highest BCUT2D eigenvalue weighted by atomic mass is 35.5. The van der Waals surface area contributed by atoms with E-state index >= 15 is 0 Å². The molecule has 0 unspecified atom stereocenters. The van der Waals surface area contributed by atoms with Crippen molar-refractivity contribution in [1.82, 2.24) is 9.29 Å². The number of hydrogen-bond donors (Lipinski definition) is 1. The average molecular weight is 451 g/mol. The van der Waals surface area contributed by atoms with Crippen molar-refractivity contribution in [2.24, 2.45) is 0 Å². The predicted molar refractivity (Wildman–Crippen MR) is 103 cm³/mol. The highest BCUT2D eigenvalue weighted by Gasteiger charge is 2.34. The lowest BCUT2D eigenvalue weighted by atomic mass is 10.2. The topological polar surface area (TPSA) is 88.8 Å². The second kappa shape index (κ2) is 7.88. The van der Waals surface area contributed by atoms with Gasteiger partial charge in [-0.1, -0.05) is 11.6 Å². The van der Waals surface area contributed by atoms with E-state index in [1.807, 2.05) is 0 Å². The zero-order valence-corrected chi connectivity index (χ0v) is 16.9. The van der Waals surface area contributed by atoms with Crippen molar-refractivity contribution in [3.05, 3.63) is 41.0 Å². The summed E-state index contributed by atoms with van der Waals surface area (Å²) < 4.78 is 71.3. The molecule has 2 N–H and O–H groups in total. The Morgan fingerprint density at radius 2 is 1.79 bits per heavy atom. The Bertz CT molecular complexity index is 1010. The Balaban J connectivity index is 1.80. The Morgan fingerprint density at radius 3 is 2.38 bits per heavy atom. The van der Waals surface area contributed by atoms with Crippen LogP contribution in [0.4, 0.5) is 24.7 Å². The maximum Gasteiger partial charge on any atom is 0.416 e. The molecule has 158 valence electrons. The van der Waals surface area contributed by atoms with E-state index < -0.39 is 21.8 Å². The van der Waals surface area contributed by atoms with Gasteiger partial charge in [0.2, 0.25) is 10.0 Å². The molecule has 7 nitrogen and oxygen atoms in total. The number of nitrogens with two attached hydrogens (primary N) is 1. The van der Waals surface area contributed by atoms with Crippen LogP contribution >= 0.6 is 11.6 Å². The first-order valence-corrected chi connectivity index (χ1v) is 10.3. The third-order valence-corrected chi connectivity index (χ3v) is 6.61. The average Bonchev–Trinajstić information content (AvgIpc) is 2.66. The Labute approximate surface area is 170 Å². The third kappa shape index (κ3) is 4.51. The van der Waals surface area contributed by atoms with Gasteiger partial charge in [0, 0.05) is 37.9 Å². The number of benzene rings is 1. The third-order valence-electron chi connectivity index (χ3n) is 4.48. The monoisotopic (exact) mass is 450 g/mol. The SMILES string of the molecule is COc1cc(N)ccc1S(=O)(=O)N1CCN(c2cc(C(F)(F)F)cc(Cl)n2)CC1. The first-order valence-electron chi connectivity index (χ1n) is 8.46. The van der Waals surface area contributed by atoms with Gasteiger partial charge in [-0.3, -0.25) is 0 Å². The molecule has 0 spiro atoms. The van der Waals surface area contributed by atoms with Crippen LogP contribution in [0.1, 0.15) is 5.56 Å². The van der Waals surface area contributed by atoms with Gasteiger partial charge in [0.25, 0.3) is 0 Å². The number of methoxy groups -OCH3 is 1. The lowest BCUT2D eigenvalue weighted by Gasteiger charge is -2.35. The predicted octanol–water partition coefficient (Wildman–Crippen LogP) is 2.86. The molecular weight excluding hydrogens is 433 g/mol. The van der Waals surface area contributed by atoms with E-state index in [0.29, 0.717) is 5.69 Å². The van der Waals surface area contributed by atoms with Crippen LogP contribution in [0.5, 0.6) is 5.75 Å². The van der Waals surface area contributed by atoms with E-state index in [0.717, 1.165) is 12.1 Å². The van der Waals surface area contributed by atoms with E-state index in [-0.39, 0.29) is 47.8 Å². The maximum atomic E-state index is 13.0. The molecule has 1 aromatic heterocycles. The van der Waals surface area contributed by atoms with Crippen molar-refractivity contribution >= 4 is 33.1 Å². The summed E-state index contributed by atoms with van der Waals surface area (Å²) in [6.07, 6.45) is -4.56. The Morgan fingerprint density at radius 1 is 1.14 bits per heavy atom. The molecule has 1 aliphatic rings. The molecule has 1 aromatic carbocycles. The van der Waals surface area contributed by atoms with Crippen LogP contribution in [0.15, 0.2) is 35.2 Å². The molecular formula is C17H18ClF3N4O3S. The highest BCUT2D eigenvalue weighted by Crippen LogP contribution is 2.34.